The fraction of sp³-hybridized carbons (Fsp3) is 0.500. The number of hydrogen-bond acceptors (Lipinski definition) is 6. The highest BCUT2D eigenvalue weighted by atomic mass is 16.5. The number of carbonyl (C=O) groups excluding carboxylic acids is 1. The van der Waals surface area contributed by atoms with Crippen molar-refractivity contribution < 1.29 is 9.53 Å². The van der Waals surface area contributed by atoms with Crippen LogP contribution in [0.3, 0.4) is 0 Å². The number of aromatic nitrogens is 4. The molecule has 1 N–H and O–H groups in total. The van der Waals surface area contributed by atoms with Crippen LogP contribution in [0.4, 0.5) is 0 Å². The van der Waals surface area contributed by atoms with E-state index in [1.54, 1.807) is 0 Å². The van der Waals surface area contributed by atoms with Gasteiger partial charge >= 0.3 is 11.7 Å². The van der Waals surface area contributed by atoms with E-state index in [0.717, 1.165) is 30.4 Å². The number of unbranched alkanes of at least 4 members (excludes halogenated alkanes) is 3. The number of fused-ring (bicyclic) bond motifs is 2. The molecule has 0 saturated carbocycles. The Morgan fingerprint density at radius 3 is 2.33 bits per heavy atom. The van der Waals surface area contributed by atoms with Crippen LogP contribution >= 0.6 is 0 Å². The SMILES string of the molecule is Cc1cc2nc3[nH]c(=O)n(CCCCCCC(=O)OC(C)C)c(=O)c3nc2cc1C. The average molecular weight is 412 g/mol. The summed E-state index contributed by atoms with van der Waals surface area (Å²) in [5.41, 5.74) is 2.89. The molecule has 8 nitrogen and oxygen atoms in total. The summed E-state index contributed by atoms with van der Waals surface area (Å²) in [5.74, 6) is -0.191. The highest BCUT2D eigenvalue weighted by Gasteiger charge is 2.12. The first kappa shape index (κ1) is 21.7. The molecule has 0 fully saturated rings. The molecule has 0 amide bonds. The minimum absolute atomic E-state index is 0.0999. The molecule has 0 aliphatic carbocycles. The molecular formula is C22H28N4O4. The Hall–Kier alpha value is -3.03. The van der Waals surface area contributed by atoms with Gasteiger partial charge in [0.25, 0.3) is 5.56 Å². The number of esters is 1. The highest BCUT2D eigenvalue weighted by molar-refractivity contribution is 5.84. The molecule has 3 aromatic rings. The summed E-state index contributed by atoms with van der Waals surface area (Å²) >= 11 is 0. The molecule has 0 spiro atoms. The molecule has 0 aliphatic rings. The van der Waals surface area contributed by atoms with E-state index < -0.39 is 11.2 Å². The van der Waals surface area contributed by atoms with Crippen LogP contribution in [-0.2, 0) is 16.1 Å². The normalized spacial score (nSPS) is 11.5. The van der Waals surface area contributed by atoms with Crippen LogP contribution in [0.2, 0.25) is 0 Å². The first-order chi connectivity index (χ1) is 14.3. The fourth-order valence-electron chi connectivity index (χ4n) is 3.35. The highest BCUT2D eigenvalue weighted by Crippen LogP contribution is 2.17. The Morgan fingerprint density at radius 2 is 1.67 bits per heavy atom. The van der Waals surface area contributed by atoms with Gasteiger partial charge in [0.05, 0.1) is 17.1 Å². The molecule has 30 heavy (non-hydrogen) atoms. The summed E-state index contributed by atoms with van der Waals surface area (Å²) in [5, 5.41) is 0. The lowest BCUT2D eigenvalue weighted by Crippen LogP contribution is -2.35. The lowest BCUT2D eigenvalue weighted by Gasteiger charge is -2.08. The lowest BCUT2D eigenvalue weighted by atomic mass is 10.1. The van der Waals surface area contributed by atoms with Crippen molar-refractivity contribution >= 4 is 28.2 Å². The quantitative estimate of drug-likeness (QED) is 0.346. The molecule has 0 atom stereocenters. The zero-order valence-corrected chi connectivity index (χ0v) is 17.9. The fourth-order valence-corrected chi connectivity index (χ4v) is 3.35. The molecular weight excluding hydrogens is 384 g/mol. The van der Waals surface area contributed by atoms with Gasteiger partial charge in [-0.25, -0.2) is 14.8 Å². The van der Waals surface area contributed by atoms with E-state index in [2.05, 4.69) is 15.0 Å². The zero-order valence-electron chi connectivity index (χ0n) is 17.9. The maximum Gasteiger partial charge on any atom is 0.330 e. The minimum atomic E-state index is -0.481. The van der Waals surface area contributed by atoms with Crippen molar-refractivity contribution in [1.29, 1.82) is 0 Å². The molecule has 0 radical (unpaired) electrons. The van der Waals surface area contributed by atoms with Crippen LogP contribution in [0.25, 0.3) is 22.2 Å². The lowest BCUT2D eigenvalue weighted by molar-refractivity contribution is -0.147. The van der Waals surface area contributed by atoms with Gasteiger partial charge in [-0.1, -0.05) is 12.8 Å². The van der Waals surface area contributed by atoms with Crippen LogP contribution in [-0.4, -0.2) is 31.6 Å². The van der Waals surface area contributed by atoms with Gasteiger partial charge in [-0.15, -0.1) is 0 Å². The third-order valence-corrected chi connectivity index (χ3v) is 5.08. The number of hydrogen-bond donors (Lipinski definition) is 1. The van der Waals surface area contributed by atoms with Crippen molar-refractivity contribution in [1.82, 2.24) is 19.5 Å². The van der Waals surface area contributed by atoms with Gasteiger partial charge in [0, 0.05) is 13.0 Å². The van der Waals surface area contributed by atoms with Crippen LogP contribution in [0.15, 0.2) is 21.7 Å². The number of aromatic amines is 1. The Labute approximate surface area is 174 Å². The number of nitrogens with one attached hydrogen (secondary N) is 1. The number of benzene rings is 1. The summed E-state index contributed by atoms with van der Waals surface area (Å²) in [6, 6.07) is 3.80. The molecule has 0 saturated heterocycles. The van der Waals surface area contributed by atoms with Gasteiger partial charge in [-0.05, 0) is 63.8 Å². The largest absolute Gasteiger partial charge is 0.463 e. The molecule has 3 rings (SSSR count). The summed E-state index contributed by atoms with van der Waals surface area (Å²) < 4.78 is 6.28. The standard InChI is InChI=1S/C22H28N4O4/c1-13(2)30-18(27)9-7-5-6-8-10-26-21(28)19-20(25-22(26)29)24-17-12-15(4)14(3)11-16(17)23-19/h11-13H,5-10H2,1-4H3,(H,24,25,29). The predicted octanol–water partition coefficient (Wildman–Crippen LogP) is 3.15. The Morgan fingerprint density at radius 1 is 1.03 bits per heavy atom. The van der Waals surface area contributed by atoms with E-state index in [1.807, 2.05) is 39.8 Å². The van der Waals surface area contributed by atoms with Crippen LogP contribution < -0.4 is 11.2 Å². The Bertz CT molecular complexity index is 1190. The van der Waals surface area contributed by atoms with Crippen LogP contribution in [0.1, 0.15) is 57.1 Å². The zero-order chi connectivity index (χ0) is 21.8. The smallest absolute Gasteiger partial charge is 0.330 e. The molecule has 1 aromatic carbocycles. The van der Waals surface area contributed by atoms with Gasteiger partial charge in [-0.3, -0.25) is 19.1 Å². The first-order valence-corrected chi connectivity index (χ1v) is 10.4. The topological polar surface area (TPSA) is 107 Å². The van der Waals surface area contributed by atoms with E-state index in [1.165, 1.54) is 4.57 Å². The third-order valence-electron chi connectivity index (χ3n) is 5.08. The number of aryl methyl sites for hydroxylation is 2. The van der Waals surface area contributed by atoms with Crippen LogP contribution in [0.5, 0.6) is 0 Å². The predicted molar refractivity (Wildman–Crippen MR) is 116 cm³/mol. The number of H-pyrrole nitrogens is 1. The number of ether oxygens (including phenoxy) is 1. The van der Waals surface area contributed by atoms with Gasteiger partial charge in [-0.2, -0.15) is 0 Å². The molecule has 0 aliphatic heterocycles. The summed E-state index contributed by atoms with van der Waals surface area (Å²) in [6.07, 6.45) is 3.31. The van der Waals surface area contributed by atoms with Crippen molar-refractivity contribution in [2.24, 2.45) is 0 Å². The van der Waals surface area contributed by atoms with E-state index in [4.69, 9.17) is 4.74 Å². The molecule has 160 valence electrons. The molecule has 2 aromatic heterocycles. The summed E-state index contributed by atoms with van der Waals surface area (Å²) in [6.45, 7) is 7.91. The minimum Gasteiger partial charge on any atom is -0.463 e. The third kappa shape index (κ3) is 4.93. The maximum absolute atomic E-state index is 12.8. The first-order valence-electron chi connectivity index (χ1n) is 10.4. The second kappa shape index (κ2) is 9.19. The second-order valence-corrected chi connectivity index (χ2v) is 7.94. The number of rotatable bonds is 8. The molecule has 0 unspecified atom stereocenters. The van der Waals surface area contributed by atoms with Gasteiger partial charge < -0.3 is 4.74 Å². The van der Waals surface area contributed by atoms with Crippen molar-refractivity contribution in [3.05, 3.63) is 44.1 Å². The second-order valence-electron chi connectivity index (χ2n) is 7.94. The van der Waals surface area contributed by atoms with E-state index in [0.29, 0.717) is 30.4 Å². The van der Waals surface area contributed by atoms with Crippen molar-refractivity contribution in [3.63, 3.8) is 0 Å². The van der Waals surface area contributed by atoms with Gasteiger partial charge in [0.15, 0.2) is 11.2 Å². The summed E-state index contributed by atoms with van der Waals surface area (Å²) in [7, 11) is 0. The monoisotopic (exact) mass is 412 g/mol. The van der Waals surface area contributed by atoms with Crippen molar-refractivity contribution in [2.45, 2.75) is 72.4 Å². The van der Waals surface area contributed by atoms with E-state index >= 15 is 0 Å². The van der Waals surface area contributed by atoms with E-state index in [-0.39, 0.29) is 23.2 Å². The summed E-state index contributed by atoms with van der Waals surface area (Å²) in [4.78, 5) is 48.3. The number of carbonyl (C=O) groups is 1. The van der Waals surface area contributed by atoms with Crippen molar-refractivity contribution in [2.75, 3.05) is 0 Å². The molecule has 0 bridgehead atoms. The Kier molecular flexibility index (Phi) is 6.64. The Balaban J connectivity index is 1.70. The van der Waals surface area contributed by atoms with E-state index in [9.17, 15) is 14.4 Å². The molecule has 2 heterocycles. The molecule has 8 heteroatoms. The average Bonchev–Trinajstić information content (AvgIpc) is 2.66. The van der Waals surface area contributed by atoms with Crippen LogP contribution in [0, 0.1) is 13.8 Å². The maximum atomic E-state index is 12.8. The van der Waals surface area contributed by atoms with Gasteiger partial charge in [0.1, 0.15) is 0 Å². The van der Waals surface area contributed by atoms with Crippen molar-refractivity contribution in [3.8, 4) is 0 Å². The number of nitrogens with zero attached hydrogens (tertiary/aromatic N) is 3. The van der Waals surface area contributed by atoms with Gasteiger partial charge in [0.2, 0.25) is 0 Å².